The van der Waals surface area contributed by atoms with Gasteiger partial charge in [-0.2, -0.15) is 0 Å². The molecule has 82 valence electrons. The Labute approximate surface area is 93.6 Å². The molecule has 0 aliphatic carbocycles. The second kappa shape index (κ2) is 4.59. The quantitative estimate of drug-likeness (QED) is 0.578. The summed E-state index contributed by atoms with van der Waals surface area (Å²) in [4.78, 5) is 11.4. The van der Waals surface area contributed by atoms with Crippen LogP contribution in [0.15, 0.2) is 10.5 Å². The molecular weight excluding hydrogens is 269 g/mol. The second-order valence-corrected chi connectivity index (χ2v) is 3.73. The van der Waals surface area contributed by atoms with Crippen LogP contribution in [-0.4, -0.2) is 22.5 Å². The third-order valence-electron chi connectivity index (χ3n) is 1.84. The molecule has 0 radical (unpaired) electrons. The molecule has 4 nitrogen and oxygen atoms in total. The van der Waals surface area contributed by atoms with E-state index in [4.69, 9.17) is 10.8 Å². The fraction of sp³-hybridized carbons (Fsp3) is 0.222. The van der Waals surface area contributed by atoms with E-state index in [-0.39, 0.29) is 23.0 Å². The molecule has 0 amide bonds. The van der Waals surface area contributed by atoms with Crippen LogP contribution in [0.25, 0.3) is 0 Å². The zero-order valence-corrected chi connectivity index (χ0v) is 9.21. The number of hydrogen-bond acceptors (Lipinski definition) is 4. The standard InChI is InChI=1S/C9H9BrFNO3/c10-5-3-4(6(13)1-2-12)8(14)9(15)7(5)11/h3,14-15H,1-2,12H2. The maximum Gasteiger partial charge on any atom is 0.196 e. The lowest BCUT2D eigenvalue weighted by Crippen LogP contribution is -2.08. The molecule has 0 saturated carbocycles. The predicted molar refractivity (Wildman–Crippen MR) is 55.4 cm³/mol. The molecule has 1 aromatic rings. The Hall–Kier alpha value is -1.14. The first-order valence-electron chi connectivity index (χ1n) is 4.12. The lowest BCUT2D eigenvalue weighted by atomic mass is 10.1. The first-order valence-corrected chi connectivity index (χ1v) is 4.91. The van der Waals surface area contributed by atoms with Gasteiger partial charge in [-0.1, -0.05) is 0 Å². The van der Waals surface area contributed by atoms with Crippen molar-refractivity contribution in [2.45, 2.75) is 6.42 Å². The van der Waals surface area contributed by atoms with E-state index >= 15 is 0 Å². The largest absolute Gasteiger partial charge is 0.504 e. The number of phenols is 2. The third-order valence-corrected chi connectivity index (χ3v) is 2.42. The minimum Gasteiger partial charge on any atom is -0.504 e. The van der Waals surface area contributed by atoms with Crippen LogP contribution in [0.3, 0.4) is 0 Å². The molecule has 0 spiro atoms. The van der Waals surface area contributed by atoms with Crippen LogP contribution >= 0.6 is 15.9 Å². The zero-order valence-electron chi connectivity index (χ0n) is 7.63. The van der Waals surface area contributed by atoms with Crippen LogP contribution in [-0.2, 0) is 0 Å². The van der Waals surface area contributed by atoms with Crippen LogP contribution in [0.4, 0.5) is 4.39 Å². The van der Waals surface area contributed by atoms with Gasteiger partial charge >= 0.3 is 0 Å². The van der Waals surface area contributed by atoms with Crippen molar-refractivity contribution in [3.05, 3.63) is 21.9 Å². The van der Waals surface area contributed by atoms with E-state index in [0.717, 1.165) is 6.07 Å². The van der Waals surface area contributed by atoms with Gasteiger partial charge in [-0.05, 0) is 28.5 Å². The van der Waals surface area contributed by atoms with Gasteiger partial charge in [0.25, 0.3) is 0 Å². The van der Waals surface area contributed by atoms with Crippen LogP contribution in [0, 0.1) is 5.82 Å². The summed E-state index contributed by atoms with van der Waals surface area (Å²) in [5.41, 5.74) is 5.03. The van der Waals surface area contributed by atoms with Gasteiger partial charge in [0.15, 0.2) is 23.1 Å². The number of Topliss-reactive ketones (excluding diaryl/α,β-unsaturated/α-hetero) is 1. The van der Waals surface area contributed by atoms with Gasteiger partial charge in [0.2, 0.25) is 0 Å². The first kappa shape index (κ1) is 11.9. The molecule has 0 aliphatic rings. The van der Waals surface area contributed by atoms with Crippen molar-refractivity contribution >= 4 is 21.7 Å². The van der Waals surface area contributed by atoms with Crippen LogP contribution in [0.1, 0.15) is 16.8 Å². The number of aromatic hydroxyl groups is 2. The van der Waals surface area contributed by atoms with Crippen molar-refractivity contribution in [3.8, 4) is 11.5 Å². The van der Waals surface area contributed by atoms with Gasteiger partial charge in [-0.15, -0.1) is 0 Å². The molecule has 0 aliphatic heterocycles. The highest BCUT2D eigenvalue weighted by molar-refractivity contribution is 9.10. The van der Waals surface area contributed by atoms with Gasteiger partial charge in [0.05, 0.1) is 10.0 Å². The van der Waals surface area contributed by atoms with Gasteiger partial charge in [0, 0.05) is 6.42 Å². The maximum atomic E-state index is 13.0. The Morgan fingerprint density at radius 3 is 2.60 bits per heavy atom. The van der Waals surface area contributed by atoms with Gasteiger partial charge < -0.3 is 15.9 Å². The van der Waals surface area contributed by atoms with E-state index in [1.54, 1.807) is 0 Å². The van der Waals surface area contributed by atoms with E-state index in [2.05, 4.69) is 15.9 Å². The summed E-state index contributed by atoms with van der Waals surface area (Å²) in [7, 11) is 0. The summed E-state index contributed by atoms with van der Waals surface area (Å²) in [5.74, 6) is -3.15. The van der Waals surface area contributed by atoms with Crippen molar-refractivity contribution in [2.24, 2.45) is 5.73 Å². The number of halogens is 2. The molecule has 0 bridgehead atoms. The summed E-state index contributed by atoms with van der Waals surface area (Å²) in [6.07, 6.45) is 0.0189. The highest BCUT2D eigenvalue weighted by atomic mass is 79.9. The average Bonchev–Trinajstić information content (AvgIpc) is 2.20. The normalized spacial score (nSPS) is 10.3. The van der Waals surface area contributed by atoms with Crippen LogP contribution in [0.5, 0.6) is 11.5 Å². The number of nitrogens with two attached hydrogens (primary N) is 1. The summed E-state index contributed by atoms with van der Waals surface area (Å²) in [6, 6.07) is 1.11. The lowest BCUT2D eigenvalue weighted by Gasteiger charge is -2.07. The number of hydrogen-bond donors (Lipinski definition) is 3. The molecule has 0 heterocycles. The summed E-state index contributed by atoms with van der Waals surface area (Å²) >= 11 is 2.82. The molecule has 0 aromatic heterocycles. The molecule has 0 atom stereocenters. The molecule has 15 heavy (non-hydrogen) atoms. The number of rotatable bonds is 3. The zero-order chi connectivity index (χ0) is 11.6. The Balaban J connectivity index is 3.26. The minimum atomic E-state index is -1.00. The molecule has 4 N–H and O–H groups in total. The lowest BCUT2D eigenvalue weighted by molar-refractivity contribution is 0.0982. The van der Waals surface area contributed by atoms with Gasteiger partial charge in [-0.3, -0.25) is 4.79 Å². The summed E-state index contributed by atoms with van der Waals surface area (Å²) in [5, 5.41) is 18.5. The van der Waals surface area contributed by atoms with Gasteiger partial charge in [0.1, 0.15) is 0 Å². The molecule has 1 aromatic carbocycles. The topological polar surface area (TPSA) is 83.6 Å². The van der Waals surface area contributed by atoms with Crippen molar-refractivity contribution < 1.29 is 19.4 Å². The molecular formula is C9H9BrFNO3. The summed E-state index contributed by atoms with van der Waals surface area (Å²) < 4.78 is 12.9. The van der Waals surface area contributed by atoms with Crippen LogP contribution < -0.4 is 5.73 Å². The second-order valence-electron chi connectivity index (χ2n) is 2.88. The SMILES string of the molecule is NCCC(=O)c1cc(Br)c(F)c(O)c1O. The van der Waals surface area contributed by atoms with E-state index in [1.165, 1.54) is 0 Å². The molecule has 0 saturated heterocycles. The van der Waals surface area contributed by atoms with Crippen molar-refractivity contribution in [2.75, 3.05) is 6.54 Å². The van der Waals surface area contributed by atoms with Gasteiger partial charge in [-0.25, -0.2) is 4.39 Å². The highest BCUT2D eigenvalue weighted by Crippen LogP contribution is 2.36. The average molecular weight is 278 g/mol. The Kier molecular flexibility index (Phi) is 3.65. The third kappa shape index (κ3) is 2.27. The smallest absolute Gasteiger partial charge is 0.196 e. The number of carbonyl (C=O) groups excluding carboxylic acids is 1. The molecule has 1 rings (SSSR count). The van der Waals surface area contributed by atoms with Crippen molar-refractivity contribution in [3.63, 3.8) is 0 Å². The fourth-order valence-corrected chi connectivity index (χ4v) is 1.50. The summed E-state index contributed by atoms with van der Waals surface area (Å²) in [6.45, 7) is 0.119. The number of carbonyl (C=O) groups is 1. The molecule has 0 fully saturated rings. The molecule has 0 unspecified atom stereocenters. The molecule has 6 heteroatoms. The number of ketones is 1. The predicted octanol–water partition coefficient (Wildman–Crippen LogP) is 1.53. The van der Waals surface area contributed by atoms with Crippen molar-refractivity contribution in [1.82, 2.24) is 0 Å². The van der Waals surface area contributed by atoms with E-state index in [1.807, 2.05) is 0 Å². The Bertz CT molecular complexity index is 409. The number of benzene rings is 1. The van der Waals surface area contributed by atoms with Crippen molar-refractivity contribution in [1.29, 1.82) is 0 Å². The first-order chi connectivity index (χ1) is 6.99. The Morgan fingerprint density at radius 2 is 2.07 bits per heavy atom. The fourth-order valence-electron chi connectivity index (χ4n) is 1.08. The van der Waals surface area contributed by atoms with E-state index in [0.29, 0.717) is 0 Å². The maximum absolute atomic E-state index is 13.0. The van der Waals surface area contributed by atoms with E-state index in [9.17, 15) is 14.3 Å². The number of phenolic OH excluding ortho intramolecular Hbond substituents is 2. The minimum absolute atomic E-state index is 0.0189. The van der Waals surface area contributed by atoms with E-state index < -0.39 is 23.1 Å². The van der Waals surface area contributed by atoms with Crippen LogP contribution in [0.2, 0.25) is 0 Å². The monoisotopic (exact) mass is 277 g/mol. The highest BCUT2D eigenvalue weighted by Gasteiger charge is 2.19. The Morgan fingerprint density at radius 1 is 1.47 bits per heavy atom.